The van der Waals surface area contributed by atoms with E-state index >= 15 is 0 Å². The van der Waals surface area contributed by atoms with Crippen LogP contribution in [0.1, 0.15) is 0 Å². The van der Waals surface area contributed by atoms with Crippen molar-refractivity contribution in [2.45, 2.75) is 0 Å². The highest BCUT2D eigenvalue weighted by Gasteiger charge is 1.82. The van der Waals surface area contributed by atoms with Crippen LogP contribution in [0.25, 0.3) is 0 Å². The Kier molecular flexibility index (Phi) is 1.49. The van der Waals surface area contributed by atoms with E-state index in [-0.39, 0.29) is 0 Å². The first kappa shape index (κ1) is 4.87. The zero-order valence-corrected chi connectivity index (χ0v) is 5.64. The van der Waals surface area contributed by atoms with Crippen LogP contribution in [0.2, 0.25) is 0 Å². The van der Waals surface area contributed by atoms with Gasteiger partial charge in [-0.2, -0.15) is 0 Å². The van der Waals surface area contributed by atoms with Crippen LogP contribution in [0.4, 0.5) is 0 Å². The lowest BCUT2D eigenvalue weighted by Crippen LogP contribution is -1.94. The highest BCUT2D eigenvalue weighted by molar-refractivity contribution is 14.1. The molecule has 0 aromatic rings. The zero-order chi connectivity index (χ0) is 5.11. The molecule has 1 N–H and O–H groups in total. The average molecular weight is 206 g/mol. The van der Waals surface area contributed by atoms with Gasteiger partial charge in [0.1, 0.15) is 0 Å². The van der Waals surface area contributed by atoms with Gasteiger partial charge in [0.2, 0.25) is 0 Å². The number of hydrazone groups is 1. The average Bonchev–Trinajstić information content (AvgIpc) is 1.69. The molecule has 0 atom stereocenters. The number of nitrogens with zero attached hydrogens (tertiary/aromatic N) is 1. The zero-order valence-electron chi connectivity index (χ0n) is 3.48. The lowest BCUT2D eigenvalue weighted by molar-refractivity contribution is 0.972. The topological polar surface area (TPSA) is 24.4 Å². The van der Waals surface area contributed by atoms with E-state index in [4.69, 9.17) is 0 Å². The standard InChI is InChI=1S/C4H3IN2/c5-4-1-2-6-7-3-4/h1,3,7H. The molecular weight excluding hydrogens is 203 g/mol. The molecule has 3 heteroatoms. The van der Waals surface area contributed by atoms with E-state index in [1.807, 2.05) is 0 Å². The molecular formula is C4H3IN2. The van der Waals surface area contributed by atoms with Crippen molar-refractivity contribution < 1.29 is 0 Å². The van der Waals surface area contributed by atoms with Crippen LogP contribution in [-0.2, 0) is 0 Å². The summed E-state index contributed by atoms with van der Waals surface area (Å²) in [7, 11) is 0. The lowest BCUT2D eigenvalue weighted by atomic mass is 10.6. The normalized spacial score (nSPS) is 15.9. The highest BCUT2D eigenvalue weighted by atomic mass is 127. The van der Waals surface area contributed by atoms with Crippen LogP contribution in [0.3, 0.4) is 0 Å². The van der Waals surface area contributed by atoms with Gasteiger partial charge in [-0.15, -0.1) is 5.10 Å². The Balaban J connectivity index is 2.82. The summed E-state index contributed by atoms with van der Waals surface area (Å²) in [6.45, 7) is 0. The van der Waals surface area contributed by atoms with Crippen molar-refractivity contribution in [1.82, 2.24) is 5.43 Å². The second-order valence-electron chi connectivity index (χ2n) is 1.04. The maximum atomic E-state index is 3.59. The first-order chi connectivity index (χ1) is 3.39. The van der Waals surface area contributed by atoms with E-state index in [9.17, 15) is 0 Å². The van der Waals surface area contributed by atoms with Gasteiger partial charge in [0.05, 0.1) is 0 Å². The third kappa shape index (κ3) is 1.33. The summed E-state index contributed by atoms with van der Waals surface area (Å²) in [5, 5.41) is 3.59. The summed E-state index contributed by atoms with van der Waals surface area (Å²) in [5.41, 5.74) is 2.65. The summed E-state index contributed by atoms with van der Waals surface area (Å²) in [5.74, 6) is 2.65. The molecule has 0 aromatic heterocycles. The van der Waals surface area contributed by atoms with Gasteiger partial charge in [-0.25, -0.2) is 0 Å². The van der Waals surface area contributed by atoms with Gasteiger partial charge in [0.15, 0.2) is 0 Å². The van der Waals surface area contributed by atoms with E-state index in [1.165, 1.54) is 0 Å². The van der Waals surface area contributed by atoms with Gasteiger partial charge in [-0.3, -0.25) is 5.43 Å². The van der Waals surface area contributed by atoms with Crippen molar-refractivity contribution >= 4 is 28.5 Å². The molecule has 1 aliphatic rings. The van der Waals surface area contributed by atoms with Gasteiger partial charge in [0, 0.05) is 21.7 Å². The van der Waals surface area contributed by atoms with Crippen LogP contribution in [0.5, 0.6) is 0 Å². The van der Waals surface area contributed by atoms with Crippen molar-refractivity contribution in [2.75, 3.05) is 0 Å². The minimum absolute atomic E-state index is 1.12. The largest absolute Gasteiger partial charge is 0.277 e. The fourth-order valence-corrected chi connectivity index (χ4v) is 0.545. The number of halogens is 1. The number of rotatable bonds is 0. The minimum Gasteiger partial charge on any atom is -0.277 e. The van der Waals surface area contributed by atoms with Crippen LogP contribution in [0, 0.1) is 0 Å². The molecule has 1 heterocycles. The Morgan fingerprint density at radius 2 is 2.71 bits per heavy atom. The molecule has 2 nitrogen and oxygen atoms in total. The molecule has 0 fully saturated rings. The summed E-state index contributed by atoms with van der Waals surface area (Å²) in [6, 6.07) is 0. The Morgan fingerprint density at radius 3 is 3.00 bits per heavy atom. The number of nitrogens with one attached hydrogen (secondary N) is 1. The first-order valence-corrected chi connectivity index (χ1v) is 2.87. The Morgan fingerprint density at radius 1 is 1.86 bits per heavy atom. The van der Waals surface area contributed by atoms with E-state index in [2.05, 4.69) is 39.0 Å². The smallest absolute Gasteiger partial charge is 0.0400 e. The number of hydrogen-bond acceptors (Lipinski definition) is 2. The molecule has 0 saturated heterocycles. The highest BCUT2D eigenvalue weighted by Crippen LogP contribution is 2.04. The van der Waals surface area contributed by atoms with E-state index in [0.717, 1.165) is 3.58 Å². The lowest BCUT2D eigenvalue weighted by Gasteiger charge is -1.90. The van der Waals surface area contributed by atoms with Crippen molar-refractivity contribution in [3.63, 3.8) is 0 Å². The molecule has 1 aliphatic heterocycles. The van der Waals surface area contributed by atoms with Crippen molar-refractivity contribution in [3.8, 4) is 0 Å². The maximum Gasteiger partial charge on any atom is 0.0400 e. The fraction of sp³-hybridized carbons (Fsp3) is 0. The monoisotopic (exact) mass is 206 g/mol. The van der Waals surface area contributed by atoms with Crippen LogP contribution < -0.4 is 5.43 Å². The van der Waals surface area contributed by atoms with Gasteiger partial charge < -0.3 is 0 Å². The van der Waals surface area contributed by atoms with Gasteiger partial charge >= 0.3 is 0 Å². The SMILES string of the molecule is IC1=CNN=C=C1. The molecule has 0 radical (unpaired) electrons. The van der Waals surface area contributed by atoms with Gasteiger partial charge in [-0.05, 0) is 22.6 Å². The molecule has 0 aliphatic carbocycles. The molecule has 0 spiro atoms. The van der Waals surface area contributed by atoms with Crippen molar-refractivity contribution in [2.24, 2.45) is 5.10 Å². The Labute approximate surface area is 55.1 Å². The third-order valence-electron chi connectivity index (χ3n) is 0.534. The predicted octanol–water partition coefficient (Wildman–Crippen LogP) is 1.01. The van der Waals surface area contributed by atoms with E-state index in [0.29, 0.717) is 0 Å². The van der Waals surface area contributed by atoms with Crippen molar-refractivity contribution in [3.05, 3.63) is 15.9 Å². The molecule has 36 valence electrons. The summed E-state index contributed by atoms with van der Waals surface area (Å²) < 4.78 is 1.12. The molecule has 1 rings (SSSR count). The Bertz CT molecular complexity index is 153. The first-order valence-electron chi connectivity index (χ1n) is 1.79. The predicted molar refractivity (Wildman–Crippen MR) is 37.2 cm³/mol. The molecule has 0 amide bonds. The second kappa shape index (κ2) is 2.14. The van der Waals surface area contributed by atoms with Crippen LogP contribution in [-0.4, -0.2) is 5.87 Å². The minimum atomic E-state index is 1.12. The maximum absolute atomic E-state index is 3.59. The van der Waals surface area contributed by atoms with E-state index in [1.54, 1.807) is 12.3 Å². The second-order valence-corrected chi connectivity index (χ2v) is 2.29. The van der Waals surface area contributed by atoms with Crippen molar-refractivity contribution in [1.29, 1.82) is 0 Å². The Hall–Kier alpha value is -0.280. The third-order valence-corrected chi connectivity index (χ3v) is 1.16. The fourth-order valence-electron chi connectivity index (χ4n) is 0.267. The number of hydrogen-bond donors (Lipinski definition) is 1. The van der Waals surface area contributed by atoms with E-state index < -0.39 is 0 Å². The molecule has 0 saturated carbocycles. The summed E-state index contributed by atoms with van der Waals surface area (Å²) in [6.07, 6.45) is 3.61. The quantitative estimate of drug-likeness (QED) is 0.587. The molecule has 0 unspecified atom stereocenters. The van der Waals surface area contributed by atoms with Gasteiger partial charge in [-0.1, -0.05) is 0 Å². The summed E-state index contributed by atoms with van der Waals surface area (Å²) in [4.78, 5) is 0. The van der Waals surface area contributed by atoms with Crippen LogP contribution in [0.15, 0.2) is 21.0 Å². The van der Waals surface area contributed by atoms with Crippen LogP contribution >= 0.6 is 22.6 Å². The molecule has 0 aromatic carbocycles. The summed E-state index contributed by atoms with van der Waals surface area (Å²) >= 11 is 2.18. The molecule has 0 bridgehead atoms. The number of allylic oxidation sites excluding steroid dienone is 2. The van der Waals surface area contributed by atoms with Gasteiger partial charge in [0.25, 0.3) is 0 Å². The molecule has 7 heavy (non-hydrogen) atoms.